The van der Waals surface area contributed by atoms with Gasteiger partial charge >= 0.3 is 0 Å². The summed E-state index contributed by atoms with van der Waals surface area (Å²) >= 11 is 0. The van der Waals surface area contributed by atoms with Gasteiger partial charge < -0.3 is 15.4 Å². The summed E-state index contributed by atoms with van der Waals surface area (Å²) in [6, 6.07) is 8.04. The molecule has 168 valence electrons. The lowest BCUT2D eigenvalue weighted by Crippen LogP contribution is -2.50. The Balaban J connectivity index is 1.99. The monoisotopic (exact) mass is 439 g/mol. The molecule has 8 nitrogen and oxygen atoms in total. The van der Waals surface area contributed by atoms with Crippen LogP contribution in [0.3, 0.4) is 0 Å². The first-order valence-corrected chi connectivity index (χ1v) is 11.9. The Morgan fingerprint density at radius 2 is 1.73 bits per heavy atom. The molecule has 0 spiro atoms. The van der Waals surface area contributed by atoms with Crippen LogP contribution in [0, 0.1) is 5.92 Å². The maximum atomic E-state index is 12.8. The normalized spacial score (nSPS) is 21.2. The molecule has 0 saturated carbocycles. The fraction of sp³-hybridized carbons (Fsp3) is 0.619. The van der Waals surface area contributed by atoms with E-state index in [1.54, 1.807) is 24.3 Å². The van der Waals surface area contributed by atoms with Gasteiger partial charge in [0.15, 0.2) is 0 Å². The number of amides is 2. The highest BCUT2D eigenvalue weighted by Gasteiger charge is 2.31. The molecule has 0 radical (unpaired) electrons. The van der Waals surface area contributed by atoms with Crippen molar-refractivity contribution in [3.8, 4) is 0 Å². The zero-order chi connectivity index (χ0) is 22.3. The van der Waals surface area contributed by atoms with Crippen molar-refractivity contribution in [3.63, 3.8) is 0 Å². The van der Waals surface area contributed by atoms with Crippen molar-refractivity contribution in [1.82, 2.24) is 14.9 Å². The Morgan fingerprint density at radius 1 is 1.13 bits per heavy atom. The molecule has 1 aliphatic heterocycles. The minimum atomic E-state index is -3.52. The van der Waals surface area contributed by atoms with Crippen LogP contribution in [0.25, 0.3) is 0 Å². The largest absolute Gasteiger partial charge is 0.373 e. The highest BCUT2D eigenvalue weighted by Crippen LogP contribution is 2.16. The third-order valence-corrected chi connectivity index (χ3v) is 6.54. The van der Waals surface area contributed by atoms with Crippen LogP contribution in [0.15, 0.2) is 30.3 Å². The summed E-state index contributed by atoms with van der Waals surface area (Å²) in [6.07, 6.45) is -0.0354. The standard InChI is InChI=1S/C21H33N3O5S/c1-15(2)12-19(25)23-20(18-8-6-5-7-9-18)21(26)22-10-11-30(27,28)24-13-16(3)29-17(4)14-24/h5-9,15-17,20H,10-14H2,1-4H3,(H,22,26)(H,23,25). The molecular formula is C21H33N3O5S. The van der Waals surface area contributed by atoms with Gasteiger partial charge in [0.1, 0.15) is 6.04 Å². The van der Waals surface area contributed by atoms with Crippen LogP contribution in [0.1, 0.15) is 45.7 Å². The van der Waals surface area contributed by atoms with Gasteiger partial charge in [-0.15, -0.1) is 0 Å². The second-order valence-corrected chi connectivity index (χ2v) is 10.3. The number of carbonyl (C=O) groups excluding carboxylic acids is 2. The molecule has 1 aromatic carbocycles. The lowest BCUT2D eigenvalue weighted by molar-refractivity contribution is -0.129. The molecule has 3 atom stereocenters. The second-order valence-electron chi connectivity index (χ2n) is 8.19. The smallest absolute Gasteiger partial charge is 0.247 e. The maximum absolute atomic E-state index is 12.8. The molecular weight excluding hydrogens is 406 g/mol. The predicted molar refractivity (Wildman–Crippen MR) is 115 cm³/mol. The molecule has 1 aromatic rings. The average Bonchev–Trinajstić information content (AvgIpc) is 2.65. The molecule has 1 aliphatic rings. The van der Waals surface area contributed by atoms with Crippen molar-refractivity contribution >= 4 is 21.8 Å². The first-order valence-electron chi connectivity index (χ1n) is 10.3. The van der Waals surface area contributed by atoms with Crippen LogP contribution in [0.4, 0.5) is 0 Å². The molecule has 0 aliphatic carbocycles. The Morgan fingerprint density at radius 3 is 2.30 bits per heavy atom. The zero-order valence-corrected chi connectivity index (χ0v) is 18.9. The number of nitrogens with zero attached hydrogens (tertiary/aromatic N) is 1. The number of carbonyl (C=O) groups is 2. The molecule has 3 unspecified atom stereocenters. The quantitative estimate of drug-likeness (QED) is 0.606. The number of hydrogen-bond donors (Lipinski definition) is 2. The minimum absolute atomic E-state index is 0.0370. The topological polar surface area (TPSA) is 105 Å². The molecule has 2 rings (SSSR count). The third-order valence-electron chi connectivity index (χ3n) is 4.73. The molecule has 9 heteroatoms. The van der Waals surface area contributed by atoms with E-state index in [1.165, 1.54) is 4.31 Å². The summed E-state index contributed by atoms with van der Waals surface area (Å²) in [7, 11) is -3.52. The minimum Gasteiger partial charge on any atom is -0.373 e. The van der Waals surface area contributed by atoms with E-state index in [0.29, 0.717) is 25.1 Å². The summed E-state index contributed by atoms with van der Waals surface area (Å²) in [5.41, 5.74) is 0.644. The van der Waals surface area contributed by atoms with Gasteiger partial charge in [-0.2, -0.15) is 4.31 Å². The van der Waals surface area contributed by atoms with E-state index in [-0.39, 0.29) is 36.3 Å². The predicted octanol–water partition coefficient (Wildman–Crippen LogP) is 1.45. The first kappa shape index (κ1) is 24.3. The molecule has 1 saturated heterocycles. The van der Waals surface area contributed by atoms with E-state index in [9.17, 15) is 18.0 Å². The van der Waals surface area contributed by atoms with Gasteiger partial charge in [0.05, 0.1) is 18.0 Å². The molecule has 30 heavy (non-hydrogen) atoms. The van der Waals surface area contributed by atoms with Gasteiger partial charge in [-0.25, -0.2) is 8.42 Å². The summed E-state index contributed by atoms with van der Waals surface area (Å²) in [5.74, 6) is -0.706. The van der Waals surface area contributed by atoms with E-state index in [0.717, 1.165) is 0 Å². The highest BCUT2D eigenvalue weighted by atomic mass is 32.2. The maximum Gasteiger partial charge on any atom is 0.247 e. The lowest BCUT2D eigenvalue weighted by atomic mass is 10.0. The van der Waals surface area contributed by atoms with Crippen molar-refractivity contribution in [2.75, 3.05) is 25.4 Å². The van der Waals surface area contributed by atoms with E-state index < -0.39 is 22.0 Å². The number of hydrogen-bond acceptors (Lipinski definition) is 5. The Kier molecular flexibility index (Phi) is 8.81. The van der Waals surface area contributed by atoms with Crippen molar-refractivity contribution < 1.29 is 22.7 Å². The number of rotatable bonds is 9. The zero-order valence-electron chi connectivity index (χ0n) is 18.1. The molecule has 0 aromatic heterocycles. The average molecular weight is 440 g/mol. The van der Waals surface area contributed by atoms with Gasteiger partial charge in [0.2, 0.25) is 21.8 Å². The van der Waals surface area contributed by atoms with Gasteiger partial charge in [-0.05, 0) is 25.3 Å². The molecule has 1 heterocycles. The first-order chi connectivity index (χ1) is 14.1. The van der Waals surface area contributed by atoms with Gasteiger partial charge in [-0.3, -0.25) is 9.59 Å². The van der Waals surface area contributed by atoms with Crippen LogP contribution < -0.4 is 10.6 Å². The van der Waals surface area contributed by atoms with Gasteiger partial charge in [0, 0.05) is 26.1 Å². The van der Waals surface area contributed by atoms with Gasteiger partial charge in [0.25, 0.3) is 0 Å². The Labute approximate surface area is 179 Å². The van der Waals surface area contributed by atoms with E-state index >= 15 is 0 Å². The van der Waals surface area contributed by atoms with Crippen molar-refractivity contribution in [3.05, 3.63) is 35.9 Å². The number of nitrogens with one attached hydrogen (secondary N) is 2. The molecule has 2 N–H and O–H groups in total. The van der Waals surface area contributed by atoms with Crippen LogP contribution in [-0.2, 0) is 24.3 Å². The Hall–Kier alpha value is -1.97. The van der Waals surface area contributed by atoms with E-state index in [2.05, 4.69) is 10.6 Å². The van der Waals surface area contributed by atoms with E-state index in [1.807, 2.05) is 33.8 Å². The van der Waals surface area contributed by atoms with Crippen molar-refractivity contribution in [2.24, 2.45) is 5.92 Å². The SMILES string of the molecule is CC(C)CC(=O)NC(C(=O)NCCS(=O)(=O)N1CC(C)OC(C)C1)c1ccccc1. The summed E-state index contributed by atoms with van der Waals surface area (Å²) in [4.78, 5) is 25.0. The second kappa shape index (κ2) is 10.9. The van der Waals surface area contributed by atoms with Crippen LogP contribution >= 0.6 is 0 Å². The third kappa shape index (κ3) is 7.37. The van der Waals surface area contributed by atoms with Crippen molar-refractivity contribution in [1.29, 1.82) is 0 Å². The summed E-state index contributed by atoms with van der Waals surface area (Å²) in [5, 5.41) is 5.43. The van der Waals surface area contributed by atoms with Crippen LogP contribution in [0.5, 0.6) is 0 Å². The number of ether oxygens (including phenoxy) is 1. The summed E-state index contributed by atoms with van der Waals surface area (Å²) < 4.78 is 32.3. The summed E-state index contributed by atoms with van der Waals surface area (Å²) in [6.45, 7) is 8.10. The lowest BCUT2D eigenvalue weighted by Gasteiger charge is -2.34. The molecule has 0 bridgehead atoms. The van der Waals surface area contributed by atoms with Crippen LogP contribution in [-0.4, -0.2) is 62.1 Å². The van der Waals surface area contributed by atoms with Gasteiger partial charge in [-0.1, -0.05) is 44.2 Å². The fourth-order valence-electron chi connectivity index (χ4n) is 3.43. The number of benzene rings is 1. The van der Waals surface area contributed by atoms with Crippen LogP contribution in [0.2, 0.25) is 0 Å². The Bertz CT molecular complexity index is 803. The highest BCUT2D eigenvalue weighted by molar-refractivity contribution is 7.89. The van der Waals surface area contributed by atoms with Crippen molar-refractivity contribution in [2.45, 2.75) is 52.4 Å². The molecule has 2 amide bonds. The van der Waals surface area contributed by atoms with E-state index in [4.69, 9.17) is 4.74 Å². The number of sulfonamides is 1. The number of morpholine rings is 1. The molecule has 1 fully saturated rings. The fourth-order valence-corrected chi connectivity index (χ4v) is 4.92.